The van der Waals surface area contributed by atoms with Crippen molar-refractivity contribution >= 4 is 22.6 Å². The standard InChI is InChI=1S/C19H22N2O2.C4H8/c1-4-15(12(2)19(22)23-3)21-18-13-8-5-6-10-16(13)20-17-11-7-9-14(17)18;1-3-4-2/h4-6,8,10,12H,7,9,11H2,1-3H3,(H,20,21);3H,1,4H2,2H3/b15-4+;. The molecule has 4 heteroatoms. The number of rotatable bonds is 5. The van der Waals surface area contributed by atoms with E-state index < -0.39 is 0 Å². The highest BCUT2D eigenvalue weighted by Gasteiger charge is 2.23. The van der Waals surface area contributed by atoms with Crippen molar-refractivity contribution in [2.24, 2.45) is 5.92 Å². The van der Waals surface area contributed by atoms with E-state index in [1.54, 1.807) is 0 Å². The van der Waals surface area contributed by atoms with Crippen LogP contribution in [0.4, 0.5) is 5.69 Å². The van der Waals surface area contributed by atoms with Crippen molar-refractivity contribution in [3.63, 3.8) is 0 Å². The number of nitrogens with zero attached hydrogens (tertiary/aromatic N) is 1. The van der Waals surface area contributed by atoms with Crippen LogP contribution in [0.1, 0.15) is 44.9 Å². The lowest BCUT2D eigenvalue weighted by atomic mass is 10.0. The third-order valence-electron chi connectivity index (χ3n) is 4.81. The van der Waals surface area contributed by atoms with Crippen molar-refractivity contribution in [2.75, 3.05) is 12.4 Å². The summed E-state index contributed by atoms with van der Waals surface area (Å²) in [6.45, 7) is 9.34. The van der Waals surface area contributed by atoms with Crippen molar-refractivity contribution in [3.8, 4) is 0 Å². The van der Waals surface area contributed by atoms with E-state index in [9.17, 15) is 4.79 Å². The van der Waals surface area contributed by atoms with E-state index in [1.807, 2.05) is 44.2 Å². The second kappa shape index (κ2) is 9.91. The predicted molar refractivity (Wildman–Crippen MR) is 113 cm³/mol. The average Bonchev–Trinajstić information content (AvgIpc) is 3.18. The SMILES string of the molecule is C/C=C(/Nc1c2c(nc3ccccc13)CCC2)C(C)C(=O)OC.C=CCC. The highest BCUT2D eigenvalue weighted by molar-refractivity contribution is 5.94. The van der Waals surface area contributed by atoms with Crippen molar-refractivity contribution in [3.05, 3.63) is 60.0 Å². The number of carbonyl (C=O) groups excluding carboxylic acids is 1. The molecule has 1 aliphatic carbocycles. The van der Waals surface area contributed by atoms with Crippen LogP contribution >= 0.6 is 0 Å². The van der Waals surface area contributed by atoms with E-state index in [0.717, 1.165) is 48.0 Å². The maximum Gasteiger partial charge on any atom is 0.314 e. The van der Waals surface area contributed by atoms with E-state index in [1.165, 1.54) is 18.4 Å². The molecule has 1 aliphatic rings. The summed E-state index contributed by atoms with van der Waals surface area (Å²) in [5.74, 6) is -0.561. The van der Waals surface area contributed by atoms with Gasteiger partial charge >= 0.3 is 5.97 Å². The highest BCUT2D eigenvalue weighted by Crippen LogP contribution is 2.35. The first-order chi connectivity index (χ1) is 13.1. The molecule has 0 saturated carbocycles. The van der Waals surface area contributed by atoms with Gasteiger partial charge in [0.1, 0.15) is 0 Å². The van der Waals surface area contributed by atoms with Gasteiger partial charge in [0.2, 0.25) is 0 Å². The normalized spacial score (nSPS) is 14.0. The molecule has 144 valence electrons. The summed E-state index contributed by atoms with van der Waals surface area (Å²) in [6, 6.07) is 8.15. The molecule has 4 nitrogen and oxygen atoms in total. The minimum atomic E-state index is -0.325. The molecule has 1 aromatic carbocycles. The van der Waals surface area contributed by atoms with Gasteiger partial charge in [-0.25, -0.2) is 0 Å². The molecule has 0 amide bonds. The van der Waals surface area contributed by atoms with Gasteiger partial charge in [-0.1, -0.05) is 37.3 Å². The molecule has 1 unspecified atom stereocenters. The van der Waals surface area contributed by atoms with Crippen LogP contribution in [-0.2, 0) is 22.4 Å². The van der Waals surface area contributed by atoms with Crippen LogP contribution in [0.25, 0.3) is 10.9 Å². The highest BCUT2D eigenvalue weighted by atomic mass is 16.5. The molecule has 1 atom stereocenters. The Labute approximate surface area is 162 Å². The summed E-state index contributed by atoms with van der Waals surface area (Å²) >= 11 is 0. The lowest BCUT2D eigenvalue weighted by Gasteiger charge is -2.20. The van der Waals surface area contributed by atoms with Gasteiger partial charge in [-0.3, -0.25) is 9.78 Å². The summed E-state index contributed by atoms with van der Waals surface area (Å²) in [6.07, 6.45) is 8.08. The Morgan fingerprint density at radius 1 is 1.37 bits per heavy atom. The number of benzene rings is 1. The molecular weight excluding hydrogens is 336 g/mol. The second-order valence-electron chi connectivity index (χ2n) is 6.59. The Morgan fingerprint density at radius 3 is 2.70 bits per heavy atom. The Balaban J connectivity index is 0.000000596. The fourth-order valence-corrected chi connectivity index (χ4v) is 3.23. The predicted octanol–water partition coefficient (Wildman–Crippen LogP) is 5.43. The van der Waals surface area contributed by atoms with Gasteiger partial charge in [0.25, 0.3) is 0 Å². The van der Waals surface area contributed by atoms with E-state index in [4.69, 9.17) is 9.72 Å². The number of allylic oxidation sites excluding steroid dienone is 2. The molecule has 0 bridgehead atoms. The molecule has 3 rings (SSSR count). The lowest BCUT2D eigenvalue weighted by Crippen LogP contribution is -2.20. The van der Waals surface area contributed by atoms with Crippen molar-refractivity contribution in [2.45, 2.75) is 46.5 Å². The number of carbonyl (C=O) groups is 1. The summed E-state index contributed by atoms with van der Waals surface area (Å²) in [5.41, 5.74) is 5.40. The Morgan fingerprint density at radius 2 is 2.07 bits per heavy atom. The number of ether oxygens (including phenoxy) is 1. The van der Waals surface area contributed by atoms with E-state index in [2.05, 4.69) is 24.9 Å². The van der Waals surface area contributed by atoms with Crippen molar-refractivity contribution < 1.29 is 9.53 Å². The molecule has 0 radical (unpaired) electrons. The van der Waals surface area contributed by atoms with Gasteiger partial charge in [-0.15, -0.1) is 6.58 Å². The zero-order chi connectivity index (χ0) is 19.8. The summed E-state index contributed by atoms with van der Waals surface area (Å²) in [7, 11) is 1.42. The van der Waals surface area contributed by atoms with Gasteiger partial charge in [0.05, 0.1) is 24.2 Å². The topological polar surface area (TPSA) is 51.2 Å². The van der Waals surface area contributed by atoms with E-state index in [-0.39, 0.29) is 11.9 Å². The van der Waals surface area contributed by atoms with Crippen LogP contribution in [0, 0.1) is 5.92 Å². The van der Waals surface area contributed by atoms with Crippen LogP contribution in [0.3, 0.4) is 0 Å². The first-order valence-electron chi connectivity index (χ1n) is 9.59. The smallest absolute Gasteiger partial charge is 0.314 e. The zero-order valence-electron chi connectivity index (χ0n) is 16.8. The second-order valence-corrected chi connectivity index (χ2v) is 6.59. The summed E-state index contributed by atoms with van der Waals surface area (Å²) in [5, 5.41) is 4.61. The average molecular weight is 367 g/mol. The van der Waals surface area contributed by atoms with Gasteiger partial charge < -0.3 is 10.1 Å². The van der Waals surface area contributed by atoms with Crippen LogP contribution < -0.4 is 5.32 Å². The molecule has 1 aromatic heterocycles. The van der Waals surface area contributed by atoms with Crippen molar-refractivity contribution in [1.29, 1.82) is 0 Å². The number of aryl methyl sites for hydroxylation is 1. The third kappa shape index (κ3) is 4.76. The molecule has 1 N–H and O–H groups in total. The molecule has 0 spiro atoms. The fraction of sp³-hybridized carbons (Fsp3) is 0.391. The molecule has 1 heterocycles. The Bertz CT molecular complexity index is 840. The van der Waals surface area contributed by atoms with E-state index in [0.29, 0.717) is 0 Å². The monoisotopic (exact) mass is 366 g/mol. The maximum atomic E-state index is 11.9. The zero-order valence-corrected chi connectivity index (χ0v) is 16.8. The number of methoxy groups -OCH3 is 1. The molecule has 27 heavy (non-hydrogen) atoms. The van der Waals surface area contributed by atoms with Gasteiger partial charge in [-0.05, 0) is 51.2 Å². The van der Waals surface area contributed by atoms with Gasteiger partial charge in [0, 0.05) is 16.8 Å². The molecule has 0 fully saturated rings. The minimum absolute atomic E-state index is 0.236. The number of hydrogen-bond acceptors (Lipinski definition) is 4. The number of para-hydroxylation sites is 1. The number of pyridine rings is 1. The Hall–Kier alpha value is -2.62. The largest absolute Gasteiger partial charge is 0.469 e. The maximum absolute atomic E-state index is 11.9. The molecular formula is C23H30N2O2. The number of nitrogens with one attached hydrogen (secondary N) is 1. The molecule has 2 aromatic rings. The first kappa shape index (κ1) is 20.7. The number of aromatic nitrogens is 1. The lowest BCUT2D eigenvalue weighted by molar-refractivity contribution is -0.143. The Kier molecular flexibility index (Phi) is 7.59. The minimum Gasteiger partial charge on any atom is -0.469 e. The quantitative estimate of drug-likeness (QED) is 0.566. The summed E-state index contributed by atoms with van der Waals surface area (Å²) in [4.78, 5) is 16.7. The van der Waals surface area contributed by atoms with Crippen LogP contribution in [0.5, 0.6) is 0 Å². The van der Waals surface area contributed by atoms with Gasteiger partial charge in [-0.2, -0.15) is 0 Å². The van der Waals surface area contributed by atoms with Crippen LogP contribution in [0.2, 0.25) is 0 Å². The fourth-order valence-electron chi connectivity index (χ4n) is 3.23. The van der Waals surface area contributed by atoms with Crippen LogP contribution in [-0.4, -0.2) is 18.1 Å². The van der Waals surface area contributed by atoms with E-state index >= 15 is 0 Å². The molecule has 0 aliphatic heterocycles. The third-order valence-corrected chi connectivity index (χ3v) is 4.81. The number of esters is 1. The number of anilines is 1. The number of fused-ring (bicyclic) bond motifs is 2. The summed E-state index contributed by atoms with van der Waals surface area (Å²) < 4.78 is 4.88. The number of hydrogen-bond donors (Lipinski definition) is 1. The van der Waals surface area contributed by atoms with Crippen LogP contribution in [0.15, 0.2) is 48.7 Å². The van der Waals surface area contributed by atoms with Gasteiger partial charge in [0.15, 0.2) is 0 Å². The first-order valence-corrected chi connectivity index (χ1v) is 9.59. The molecule has 0 saturated heterocycles. The van der Waals surface area contributed by atoms with Crippen molar-refractivity contribution in [1.82, 2.24) is 4.98 Å².